The van der Waals surface area contributed by atoms with Crippen molar-refractivity contribution in [2.45, 2.75) is 19.9 Å². The number of nitriles is 1. The van der Waals surface area contributed by atoms with Gasteiger partial charge in [0.15, 0.2) is 0 Å². The highest BCUT2D eigenvalue weighted by molar-refractivity contribution is 6.19. The van der Waals surface area contributed by atoms with Gasteiger partial charge in [0.25, 0.3) is 0 Å². The standard InChI is InChI=1S/C23H24ClN5O/c1-2-4-19(5-3-12-24)23-13-21(9-8-20(23)14-25)29(28(16-26)17-27)15-18-6-10-22(30)11-7-18/h3-11,13,16-17,26-27,30H,2,12,15H2,1H3/b5-3-,19-4+,26-16?,27-17?. The first-order chi connectivity index (χ1) is 14.6. The first-order valence-corrected chi connectivity index (χ1v) is 9.93. The molecule has 0 amide bonds. The number of nitrogens with zero attached hydrogens (tertiary/aromatic N) is 3. The van der Waals surface area contributed by atoms with Gasteiger partial charge in [0.1, 0.15) is 18.4 Å². The smallest absolute Gasteiger partial charge is 0.115 e. The molecule has 0 bridgehead atoms. The van der Waals surface area contributed by atoms with Crippen LogP contribution in [0.4, 0.5) is 5.69 Å². The largest absolute Gasteiger partial charge is 0.508 e. The number of aromatic hydroxyl groups is 1. The number of hydrazine groups is 1. The molecule has 0 aliphatic rings. The van der Waals surface area contributed by atoms with Crippen LogP contribution in [0.15, 0.2) is 60.7 Å². The van der Waals surface area contributed by atoms with Crippen LogP contribution in [0.5, 0.6) is 5.75 Å². The maximum absolute atomic E-state index is 9.61. The Morgan fingerprint density at radius 2 is 1.87 bits per heavy atom. The molecular formula is C23H24ClN5O. The van der Waals surface area contributed by atoms with Crippen LogP contribution in [-0.2, 0) is 6.54 Å². The lowest BCUT2D eigenvalue weighted by Gasteiger charge is -2.32. The van der Waals surface area contributed by atoms with Crippen molar-refractivity contribution < 1.29 is 5.11 Å². The Morgan fingerprint density at radius 3 is 2.43 bits per heavy atom. The Hall–Kier alpha value is -3.56. The molecule has 0 spiro atoms. The van der Waals surface area contributed by atoms with Crippen molar-refractivity contribution in [1.82, 2.24) is 5.01 Å². The number of benzene rings is 2. The molecule has 0 atom stereocenters. The van der Waals surface area contributed by atoms with E-state index in [2.05, 4.69) is 6.07 Å². The number of halogens is 1. The van der Waals surface area contributed by atoms with Crippen molar-refractivity contribution in [2.24, 2.45) is 0 Å². The number of hydrogen-bond acceptors (Lipinski definition) is 5. The molecule has 0 saturated carbocycles. The second-order valence-corrected chi connectivity index (χ2v) is 6.64. The molecule has 0 radical (unpaired) electrons. The van der Waals surface area contributed by atoms with Crippen LogP contribution in [0.25, 0.3) is 5.57 Å². The second kappa shape index (κ2) is 11.4. The third kappa shape index (κ3) is 5.72. The second-order valence-electron chi connectivity index (χ2n) is 6.33. The molecule has 3 N–H and O–H groups in total. The number of nitrogens with one attached hydrogen (secondary N) is 2. The van der Waals surface area contributed by atoms with Gasteiger partial charge in [-0.2, -0.15) is 5.26 Å². The number of allylic oxidation sites excluding steroid dienone is 4. The quantitative estimate of drug-likeness (QED) is 0.159. The molecule has 0 aromatic heterocycles. The summed E-state index contributed by atoms with van der Waals surface area (Å²) in [5.74, 6) is 0.535. The van der Waals surface area contributed by atoms with Gasteiger partial charge in [-0.15, -0.1) is 11.6 Å². The maximum atomic E-state index is 9.61. The van der Waals surface area contributed by atoms with Crippen molar-refractivity contribution in [3.8, 4) is 11.8 Å². The first kappa shape index (κ1) is 22.7. The highest BCUT2D eigenvalue weighted by Gasteiger charge is 2.16. The van der Waals surface area contributed by atoms with Crippen LogP contribution < -0.4 is 5.01 Å². The Labute approximate surface area is 181 Å². The lowest BCUT2D eigenvalue weighted by Crippen LogP contribution is -2.40. The Balaban J connectivity index is 2.57. The van der Waals surface area contributed by atoms with E-state index in [9.17, 15) is 10.4 Å². The zero-order valence-electron chi connectivity index (χ0n) is 16.7. The fourth-order valence-electron chi connectivity index (χ4n) is 2.95. The molecule has 0 aliphatic carbocycles. The van der Waals surface area contributed by atoms with Crippen molar-refractivity contribution >= 4 is 35.5 Å². The van der Waals surface area contributed by atoms with E-state index in [1.54, 1.807) is 41.4 Å². The van der Waals surface area contributed by atoms with Crippen molar-refractivity contribution in [1.29, 1.82) is 16.1 Å². The van der Waals surface area contributed by atoms with Crippen molar-refractivity contribution in [3.63, 3.8) is 0 Å². The lowest BCUT2D eigenvalue weighted by atomic mass is 9.98. The van der Waals surface area contributed by atoms with E-state index in [1.165, 1.54) is 5.01 Å². The van der Waals surface area contributed by atoms with Crippen LogP contribution in [0.3, 0.4) is 0 Å². The number of rotatable bonds is 10. The third-order valence-corrected chi connectivity index (χ3v) is 4.53. The van der Waals surface area contributed by atoms with Crippen LogP contribution in [0.1, 0.15) is 30.0 Å². The molecule has 2 aromatic carbocycles. The Morgan fingerprint density at radius 1 is 1.17 bits per heavy atom. The zero-order valence-corrected chi connectivity index (χ0v) is 17.5. The molecule has 0 heterocycles. The van der Waals surface area contributed by atoms with E-state index in [0.29, 0.717) is 23.7 Å². The van der Waals surface area contributed by atoms with Gasteiger partial charge in [-0.1, -0.05) is 37.3 Å². The number of anilines is 1. The van der Waals surface area contributed by atoms with E-state index in [4.69, 9.17) is 22.4 Å². The van der Waals surface area contributed by atoms with Crippen LogP contribution in [-0.4, -0.2) is 28.7 Å². The Bertz CT molecular complexity index is 968. The van der Waals surface area contributed by atoms with Gasteiger partial charge in [0.05, 0.1) is 23.9 Å². The summed E-state index contributed by atoms with van der Waals surface area (Å²) in [5.41, 5.74) is 3.77. The van der Waals surface area contributed by atoms with Gasteiger partial charge in [-0.05, 0) is 47.9 Å². The normalized spacial score (nSPS) is 11.2. The molecule has 0 fully saturated rings. The highest BCUT2D eigenvalue weighted by Crippen LogP contribution is 2.28. The molecule has 0 aliphatic heterocycles. The summed E-state index contributed by atoms with van der Waals surface area (Å²) in [6.07, 6.45) is 8.63. The van der Waals surface area contributed by atoms with Crippen LogP contribution in [0.2, 0.25) is 0 Å². The summed E-state index contributed by atoms with van der Waals surface area (Å²) in [7, 11) is 0. The lowest BCUT2D eigenvalue weighted by molar-refractivity contribution is 0.474. The fraction of sp³-hybridized carbons (Fsp3) is 0.174. The van der Waals surface area contributed by atoms with Gasteiger partial charge < -0.3 is 5.11 Å². The van der Waals surface area contributed by atoms with Gasteiger partial charge >= 0.3 is 0 Å². The molecule has 2 aromatic rings. The van der Waals surface area contributed by atoms with Crippen LogP contribution >= 0.6 is 11.6 Å². The molecular weight excluding hydrogens is 398 g/mol. The van der Waals surface area contributed by atoms with E-state index in [1.807, 2.05) is 31.2 Å². The van der Waals surface area contributed by atoms with E-state index >= 15 is 0 Å². The number of hydrogen-bond donors (Lipinski definition) is 3. The van der Waals surface area contributed by atoms with Crippen LogP contribution in [0, 0.1) is 22.1 Å². The molecule has 2 rings (SSSR count). The molecule has 6 nitrogen and oxygen atoms in total. The predicted octanol–water partition coefficient (Wildman–Crippen LogP) is 5.29. The molecule has 0 unspecified atom stereocenters. The Kier molecular flexibility index (Phi) is 8.67. The minimum absolute atomic E-state index is 0.169. The summed E-state index contributed by atoms with van der Waals surface area (Å²) >= 11 is 5.81. The van der Waals surface area contributed by atoms with Gasteiger partial charge in [0.2, 0.25) is 0 Å². The fourth-order valence-corrected chi connectivity index (χ4v) is 3.03. The number of phenols is 1. The minimum Gasteiger partial charge on any atom is -0.508 e. The van der Waals surface area contributed by atoms with Gasteiger partial charge in [0, 0.05) is 11.4 Å². The number of alkyl halides is 1. The third-order valence-electron chi connectivity index (χ3n) is 4.36. The molecule has 30 heavy (non-hydrogen) atoms. The maximum Gasteiger partial charge on any atom is 0.115 e. The minimum atomic E-state index is 0.169. The van der Waals surface area contributed by atoms with E-state index in [-0.39, 0.29) is 5.75 Å². The monoisotopic (exact) mass is 421 g/mol. The SMILES string of the molecule is CC/C=C(\C=C/CCl)c1cc(N(Cc2ccc(O)cc2)N(C=N)C=N)ccc1C#N. The summed E-state index contributed by atoms with van der Waals surface area (Å²) in [4.78, 5) is 0. The topological polar surface area (TPSA) is 98.2 Å². The highest BCUT2D eigenvalue weighted by atomic mass is 35.5. The summed E-state index contributed by atoms with van der Waals surface area (Å²) in [6.45, 7) is 2.38. The average Bonchev–Trinajstić information content (AvgIpc) is 2.77. The summed E-state index contributed by atoms with van der Waals surface area (Å²) in [6, 6.07) is 14.4. The predicted molar refractivity (Wildman–Crippen MR) is 123 cm³/mol. The van der Waals surface area contributed by atoms with E-state index < -0.39 is 0 Å². The van der Waals surface area contributed by atoms with Gasteiger partial charge in [-0.3, -0.25) is 15.8 Å². The zero-order chi connectivity index (χ0) is 21.9. The molecule has 7 heteroatoms. The molecule has 0 saturated heterocycles. The van der Waals surface area contributed by atoms with Crippen molar-refractivity contribution in [2.75, 3.05) is 10.9 Å². The van der Waals surface area contributed by atoms with Crippen molar-refractivity contribution in [3.05, 3.63) is 77.4 Å². The van der Waals surface area contributed by atoms with E-state index in [0.717, 1.165) is 35.8 Å². The summed E-state index contributed by atoms with van der Waals surface area (Å²) < 4.78 is 0. The summed E-state index contributed by atoms with van der Waals surface area (Å²) in [5, 5.41) is 37.6. The van der Waals surface area contributed by atoms with Gasteiger partial charge in [-0.25, -0.2) is 5.01 Å². The average molecular weight is 422 g/mol. The molecule has 154 valence electrons. The number of phenolic OH excluding ortho intramolecular Hbond substituents is 1. The first-order valence-electron chi connectivity index (χ1n) is 9.40.